The van der Waals surface area contributed by atoms with E-state index in [-0.39, 0.29) is 5.91 Å². The monoisotopic (exact) mass is 339 g/mol. The first-order valence-electron chi connectivity index (χ1n) is 5.93. The molecule has 0 aliphatic rings. The summed E-state index contributed by atoms with van der Waals surface area (Å²) in [4.78, 5) is 11.9. The Bertz CT molecular complexity index is 568. The van der Waals surface area contributed by atoms with E-state index in [9.17, 15) is 4.79 Å². The van der Waals surface area contributed by atoms with Gasteiger partial charge in [0.1, 0.15) is 5.75 Å². The molecule has 0 spiro atoms. The molecule has 1 aromatic carbocycles. The highest BCUT2D eigenvalue weighted by molar-refractivity contribution is 9.11. The van der Waals surface area contributed by atoms with Gasteiger partial charge < -0.3 is 10.1 Å². The Hall–Kier alpha value is -1.33. The largest absolute Gasteiger partial charge is 0.494 e. The first-order valence-corrected chi connectivity index (χ1v) is 7.60. The minimum absolute atomic E-state index is 0.0660. The fourth-order valence-electron chi connectivity index (χ4n) is 1.63. The number of nitrogens with one attached hydrogen (secondary N) is 1. The summed E-state index contributed by atoms with van der Waals surface area (Å²) in [5, 5.41) is 4.72. The van der Waals surface area contributed by atoms with E-state index < -0.39 is 0 Å². The molecule has 5 heteroatoms. The lowest BCUT2D eigenvalue weighted by Gasteiger charge is -2.07. The van der Waals surface area contributed by atoms with Gasteiger partial charge >= 0.3 is 0 Å². The van der Waals surface area contributed by atoms with E-state index in [0.29, 0.717) is 18.7 Å². The highest BCUT2D eigenvalue weighted by Crippen LogP contribution is 2.20. The summed E-state index contributed by atoms with van der Waals surface area (Å²) in [6.45, 7) is 3.08. The number of hydrogen-bond donors (Lipinski definition) is 1. The molecule has 1 amide bonds. The molecule has 100 valence electrons. The molecule has 0 aliphatic heterocycles. The molecule has 0 fully saturated rings. The summed E-state index contributed by atoms with van der Waals surface area (Å²) in [5.74, 6) is 0.760. The number of halogens is 1. The maximum Gasteiger partial charge on any atom is 0.252 e. The number of amides is 1. The van der Waals surface area contributed by atoms with E-state index in [0.717, 1.165) is 15.1 Å². The van der Waals surface area contributed by atoms with Crippen LogP contribution in [0.1, 0.15) is 22.8 Å². The van der Waals surface area contributed by atoms with Crippen molar-refractivity contribution in [3.63, 3.8) is 0 Å². The number of carbonyl (C=O) groups is 1. The molecular weight excluding hydrogens is 326 g/mol. The molecule has 0 atom stereocenters. The second kappa shape index (κ2) is 6.73. The molecule has 0 saturated heterocycles. The molecule has 2 rings (SSSR count). The summed E-state index contributed by atoms with van der Waals surface area (Å²) in [5.41, 5.74) is 1.70. The fraction of sp³-hybridized carbons (Fsp3) is 0.214. The Morgan fingerprint density at radius 3 is 2.95 bits per heavy atom. The summed E-state index contributed by atoms with van der Waals surface area (Å²) in [6, 6.07) is 9.55. The lowest BCUT2D eigenvalue weighted by atomic mass is 10.2. The van der Waals surface area contributed by atoms with Crippen LogP contribution in [0, 0.1) is 0 Å². The van der Waals surface area contributed by atoms with Crippen LogP contribution in [0.5, 0.6) is 5.75 Å². The van der Waals surface area contributed by atoms with E-state index in [1.165, 1.54) is 11.3 Å². The Morgan fingerprint density at radius 1 is 1.42 bits per heavy atom. The van der Waals surface area contributed by atoms with E-state index in [4.69, 9.17) is 4.74 Å². The number of hydrogen-bond acceptors (Lipinski definition) is 3. The second-order valence-electron chi connectivity index (χ2n) is 3.90. The molecule has 1 heterocycles. The molecule has 0 saturated carbocycles. The van der Waals surface area contributed by atoms with Crippen LogP contribution < -0.4 is 10.1 Å². The number of benzene rings is 1. The van der Waals surface area contributed by atoms with E-state index in [2.05, 4.69) is 21.2 Å². The summed E-state index contributed by atoms with van der Waals surface area (Å²) >= 11 is 4.84. The molecule has 19 heavy (non-hydrogen) atoms. The van der Waals surface area contributed by atoms with Crippen LogP contribution in [0.4, 0.5) is 0 Å². The molecule has 1 aromatic heterocycles. The van der Waals surface area contributed by atoms with Gasteiger partial charge in [-0.1, -0.05) is 12.1 Å². The number of ether oxygens (including phenoxy) is 1. The minimum Gasteiger partial charge on any atom is -0.494 e. The fourth-order valence-corrected chi connectivity index (χ4v) is 2.76. The van der Waals surface area contributed by atoms with Crippen LogP contribution in [-0.4, -0.2) is 12.5 Å². The molecule has 0 bridgehead atoms. The average Bonchev–Trinajstić information content (AvgIpc) is 2.84. The lowest BCUT2D eigenvalue weighted by Crippen LogP contribution is -2.22. The normalized spacial score (nSPS) is 10.2. The van der Waals surface area contributed by atoms with Gasteiger partial charge in [-0.3, -0.25) is 4.79 Å². The molecule has 2 aromatic rings. The molecule has 1 N–H and O–H groups in total. The van der Waals surface area contributed by atoms with Gasteiger partial charge in [-0.25, -0.2) is 0 Å². The Morgan fingerprint density at radius 2 is 2.26 bits per heavy atom. The highest BCUT2D eigenvalue weighted by Gasteiger charge is 2.07. The Labute approximate surface area is 124 Å². The topological polar surface area (TPSA) is 38.3 Å². The third-order valence-electron chi connectivity index (χ3n) is 2.49. The van der Waals surface area contributed by atoms with Gasteiger partial charge in [-0.2, -0.15) is 0 Å². The van der Waals surface area contributed by atoms with Gasteiger partial charge in [0.05, 0.1) is 16.0 Å². The van der Waals surface area contributed by atoms with Crippen LogP contribution in [0.2, 0.25) is 0 Å². The zero-order valence-electron chi connectivity index (χ0n) is 10.5. The first kappa shape index (κ1) is 14.1. The van der Waals surface area contributed by atoms with Crippen LogP contribution >= 0.6 is 27.3 Å². The van der Waals surface area contributed by atoms with E-state index >= 15 is 0 Å². The zero-order valence-corrected chi connectivity index (χ0v) is 12.9. The molecule has 0 aliphatic carbocycles. The second-order valence-corrected chi connectivity index (χ2v) is 6.19. The number of carbonyl (C=O) groups excluding carboxylic acids is 1. The van der Waals surface area contributed by atoms with Crippen LogP contribution in [-0.2, 0) is 6.54 Å². The van der Waals surface area contributed by atoms with Crippen molar-refractivity contribution in [2.45, 2.75) is 13.5 Å². The smallest absolute Gasteiger partial charge is 0.252 e. The van der Waals surface area contributed by atoms with Gasteiger partial charge in [0.15, 0.2) is 0 Å². The van der Waals surface area contributed by atoms with Gasteiger partial charge in [0, 0.05) is 11.9 Å². The van der Waals surface area contributed by atoms with E-state index in [1.807, 2.05) is 42.6 Å². The third-order valence-corrected chi connectivity index (χ3v) is 4.00. The summed E-state index contributed by atoms with van der Waals surface area (Å²) < 4.78 is 6.38. The average molecular weight is 340 g/mol. The zero-order chi connectivity index (χ0) is 13.7. The molecule has 3 nitrogen and oxygen atoms in total. The summed E-state index contributed by atoms with van der Waals surface area (Å²) in [6.07, 6.45) is 0. The minimum atomic E-state index is -0.0660. The molecule has 0 unspecified atom stereocenters. The number of rotatable bonds is 5. The van der Waals surface area contributed by atoms with Crippen molar-refractivity contribution >= 4 is 33.2 Å². The molecular formula is C14H14BrNO2S. The van der Waals surface area contributed by atoms with Crippen molar-refractivity contribution in [2.75, 3.05) is 6.61 Å². The Kier molecular flexibility index (Phi) is 4.99. The quantitative estimate of drug-likeness (QED) is 0.898. The van der Waals surface area contributed by atoms with Gasteiger partial charge in [0.2, 0.25) is 0 Å². The lowest BCUT2D eigenvalue weighted by molar-refractivity contribution is 0.0951. The number of thiophene rings is 1. The molecule has 0 radical (unpaired) electrons. The van der Waals surface area contributed by atoms with Crippen molar-refractivity contribution in [1.82, 2.24) is 5.32 Å². The van der Waals surface area contributed by atoms with Crippen LogP contribution in [0.15, 0.2) is 39.5 Å². The van der Waals surface area contributed by atoms with E-state index in [1.54, 1.807) is 0 Å². The van der Waals surface area contributed by atoms with Crippen molar-refractivity contribution in [1.29, 1.82) is 0 Å². The van der Waals surface area contributed by atoms with Gasteiger partial charge in [-0.15, -0.1) is 11.3 Å². The Balaban J connectivity index is 1.95. The summed E-state index contributed by atoms with van der Waals surface area (Å²) in [7, 11) is 0. The first-order chi connectivity index (χ1) is 9.19. The van der Waals surface area contributed by atoms with Crippen molar-refractivity contribution in [3.8, 4) is 5.75 Å². The SMILES string of the molecule is CCOc1cccc(CNC(=O)c2csc(Br)c2)c1. The maximum atomic E-state index is 11.9. The predicted octanol–water partition coefficient (Wildman–Crippen LogP) is 3.84. The van der Waals surface area contributed by atoms with Gasteiger partial charge in [-0.05, 0) is 46.6 Å². The van der Waals surface area contributed by atoms with Crippen molar-refractivity contribution in [3.05, 3.63) is 50.6 Å². The van der Waals surface area contributed by atoms with Crippen molar-refractivity contribution in [2.24, 2.45) is 0 Å². The van der Waals surface area contributed by atoms with Crippen molar-refractivity contribution < 1.29 is 9.53 Å². The van der Waals surface area contributed by atoms with Crippen LogP contribution in [0.3, 0.4) is 0 Å². The van der Waals surface area contributed by atoms with Crippen LogP contribution in [0.25, 0.3) is 0 Å². The standard InChI is InChI=1S/C14H14BrNO2S/c1-2-18-12-5-3-4-10(6-12)8-16-14(17)11-7-13(15)19-9-11/h3-7,9H,2,8H2,1H3,(H,16,17). The van der Waals surface area contributed by atoms with Gasteiger partial charge in [0.25, 0.3) is 5.91 Å². The highest BCUT2D eigenvalue weighted by atomic mass is 79.9. The third kappa shape index (κ3) is 4.08. The predicted molar refractivity (Wildman–Crippen MR) is 80.8 cm³/mol. The maximum absolute atomic E-state index is 11.9.